The zero-order valence-corrected chi connectivity index (χ0v) is 17.7. The van der Waals surface area contributed by atoms with Gasteiger partial charge in [-0.25, -0.2) is 0 Å². The molecule has 2 fully saturated rings. The summed E-state index contributed by atoms with van der Waals surface area (Å²) in [6.07, 6.45) is 9.40. The van der Waals surface area contributed by atoms with Gasteiger partial charge in [-0.2, -0.15) is 0 Å². The van der Waals surface area contributed by atoms with Gasteiger partial charge in [0.2, 0.25) is 5.91 Å². The van der Waals surface area contributed by atoms with E-state index in [1.807, 2.05) is 29.2 Å². The summed E-state index contributed by atoms with van der Waals surface area (Å²) in [5, 5.41) is 10.5. The minimum absolute atomic E-state index is 0.215. The Kier molecular flexibility index (Phi) is 6.58. The molecule has 1 amide bonds. The molecule has 28 heavy (non-hydrogen) atoms. The number of rotatable bonds is 5. The van der Waals surface area contributed by atoms with Crippen LogP contribution in [0.3, 0.4) is 0 Å². The van der Waals surface area contributed by atoms with E-state index in [0.717, 1.165) is 55.3 Å². The highest BCUT2D eigenvalue weighted by molar-refractivity contribution is 7.99. The summed E-state index contributed by atoms with van der Waals surface area (Å²) in [5.74, 6) is 1.46. The second-order valence-electron chi connectivity index (χ2n) is 7.68. The maximum atomic E-state index is 12.7. The first kappa shape index (κ1) is 19.8. The lowest BCUT2D eigenvalue weighted by Gasteiger charge is -2.21. The highest BCUT2D eigenvalue weighted by Crippen LogP contribution is 2.38. The molecule has 1 aliphatic heterocycles. The Morgan fingerprint density at radius 3 is 2.46 bits per heavy atom. The maximum absolute atomic E-state index is 12.7. The Labute approximate surface area is 175 Å². The standard InChI is InChI=1S/C21H27ClN4OS/c22-18-12-6-5-11-17(18)20-23-24-21(26(20)16-9-3-4-10-16)28-15-19(27)25-13-7-1-2-8-14-25/h5-6,11-12,16H,1-4,7-10,13-15H2. The maximum Gasteiger partial charge on any atom is 0.233 e. The number of benzene rings is 1. The molecule has 0 spiro atoms. The van der Waals surface area contributed by atoms with E-state index < -0.39 is 0 Å². The zero-order valence-electron chi connectivity index (χ0n) is 16.1. The van der Waals surface area contributed by atoms with E-state index in [4.69, 9.17) is 11.6 Å². The van der Waals surface area contributed by atoms with E-state index in [9.17, 15) is 4.79 Å². The average Bonchev–Trinajstić information content (AvgIpc) is 3.29. The molecule has 2 heterocycles. The fraction of sp³-hybridized carbons (Fsp3) is 0.571. The van der Waals surface area contributed by atoms with Gasteiger partial charge in [0.15, 0.2) is 11.0 Å². The van der Waals surface area contributed by atoms with Crippen molar-refractivity contribution in [2.75, 3.05) is 18.8 Å². The van der Waals surface area contributed by atoms with Crippen molar-refractivity contribution in [3.8, 4) is 11.4 Å². The van der Waals surface area contributed by atoms with Crippen LogP contribution in [-0.4, -0.2) is 44.4 Å². The summed E-state index contributed by atoms with van der Waals surface area (Å²) in [6, 6.07) is 8.17. The van der Waals surface area contributed by atoms with Gasteiger partial charge in [0.25, 0.3) is 0 Å². The minimum Gasteiger partial charge on any atom is -0.342 e. The van der Waals surface area contributed by atoms with E-state index in [1.165, 1.54) is 37.4 Å². The lowest BCUT2D eigenvalue weighted by Crippen LogP contribution is -2.33. The number of thioether (sulfide) groups is 1. The molecule has 0 N–H and O–H groups in total. The van der Waals surface area contributed by atoms with Gasteiger partial charge in [-0.05, 0) is 37.8 Å². The largest absolute Gasteiger partial charge is 0.342 e. The van der Waals surface area contributed by atoms with Gasteiger partial charge < -0.3 is 4.90 Å². The lowest BCUT2D eigenvalue weighted by molar-refractivity contribution is -0.128. The summed E-state index contributed by atoms with van der Waals surface area (Å²) in [4.78, 5) is 14.7. The van der Waals surface area contributed by atoms with Crippen molar-refractivity contribution >= 4 is 29.3 Å². The predicted molar refractivity (Wildman–Crippen MR) is 114 cm³/mol. The predicted octanol–water partition coefficient (Wildman–Crippen LogP) is 5.21. The van der Waals surface area contributed by atoms with Gasteiger partial charge in [-0.3, -0.25) is 9.36 Å². The van der Waals surface area contributed by atoms with Crippen LogP contribution in [0, 0.1) is 0 Å². The molecule has 0 unspecified atom stereocenters. The van der Waals surface area contributed by atoms with Crippen LogP contribution >= 0.6 is 23.4 Å². The van der Waals surface area contributed by atoms with Crippen molar-refractivity contribution in [2.24, 2.45) is 0 Å². The van der Waals surface area contributed by atoms with Crippen LogP contribution < -0.4 is 0 Å². The van der Waals surface area contributed by atoms with E-state index in [2.05, 4.69) is 14.8 Å². The summed E-state index contributed by atoms with van der Waals surface area (Å²) in [5.41, 5.74) is 0.911. The number of hydrogen-bond donors (Lipinski definition) is 0. The number of aromatic nitrogens is 3. The van der Waals surface area contributed by atoms with E-state index in [0.29, 0.717) is 16.8 Å². The monoisotopic (exact) mass is 418 g/mol. The van der Waals surface area contributed by atoms with Crippen molar-refractivity contribution in [2.45, 2.75) is 62.6 Å². The first-order valence-corrected chi connectivity index (χ1v) is 11.7. The third-order valence-electron chi connectivity index (χ3n) is 5.75. The van der Waals surface area contributed by atoms with Crippen molar-refractivity contribution in [1.29, 1.82) is 0 Å². The van der Waals surface area contributed by atoms with Crippen LogP contribution in [-0.2, 0) is 4.79 Å². The molecule has 2 aromatic rings. The molecule has 2 aliphatic rings. The van der Waals surface area contributed by atoms with Crippen LogP contribution in [0.4, 0.5) is 0 Å². The Balaban J connectivity index is 1.55. The SMILES string of the molecule is O=C(CSc1nnc(-c2ccccc2Cl)n1C1CCCC1)N1CCCCCC1. The number of nitrogens with zero attached hydrogens (tertiary/aromatic N) is 4. The van der Waals surface area contributed by atoms with E-state index in [-0.39, 0.29) is 5.91 Å². The van der Waals surface area contributed by atoms with Crippen LogP contribution in [0.1, 0.15) is 57.4 Å². The van der Waals surface area contributed by atoms with Gasteiger partial charge in [-0.1, -0.05) is 61.2 Å². The van der Waals surface area contributed by atoms with Crippen molar-refractivity contribution in [1.82, 2.24) is 19.7 Å². The van der Waals surface area contributed by atoms with Gasteiger partial charge >= 0.3 is 0 Å². The zero-order chi connectivity index (χ0) is 19.3. The first-order valence-electron chi connectivity index (χ1n) is 10.3. The third kappa shape index (κ3) is 4.38. The molecule has 1 aromatic carbocycles. The van der Waals surface area contributed by atoms with Gasteiger partial charge in [0, 0.05) is 24.7 Å². The van der Waals surface area contributed by atoms with Crippen molar-refractivity contribution < 1.29 is 4.79 Å². The van der Waals surface area contributed by atoms with Crippen LogP contribution in [0.5, 0.6) is 0 Å². The summed E-state index contributed by atoms with van der Waals surface area (Å²) in [7, 11) is 0. The smallest absolute Gasteiger partial charge is 0.233 e. The van der Waals surface area contributed by atoms with Crippen LogP contribution in [0.15, 0.2) is 29.4 Å². The molecule has 0 radical (unpaired) electrons. The Bertz CT molecular complexity index is 810. The number of halogens is 1. The molecule has 150 valence electrons. The highest BCUT2D eigenvalue weighted by Gasteiger charge is 2.26. The Morgan fingerprint density at radius 2 is 1.75 bits per heavy atom. The first-order chi connectivity index (χ1) is 13.7. The second-order valence-corrected chi connectivity index (χ2v) is 9.03. The summed E-state index contributed by atoms with van der Waals surface area (Å²) < 4.78 is 2.23. The molecule has 1 saturated heterocycles. The third-order valence-corrected chi connectivity index (χ3v) is 7.01. The van der Waals surface area contributed by atoms with Crippen LogP contribution in [0.2, 0.25) is 5.02 Å². The molecule has 0 atom stereocenters. The average molecular weight is 419 g/mol. The molecule has 1 saturated carbocycles. The number of amides is 1. The van der Waals surface area contributed by atoms with Gasteiger partial charge in [-0.15, -0.1) is 10.2 Å². The Morgan fingerprint density at radius 1 is 1.04 bits per heavy atom. The summed E-state index contributed by atoms with van der Waals surface area (Å²) >= 11 is 7.96. The molecule has 5 nitrogen and oxygen atoms in total. The number of carbonyl (C=O) groups excluding carboxylic acids is 1. The fourth-order valence-electron chi connectivity index (χ4n) is 4.23. The molecule has 0 bridgehead atoms. The van der Waals surface area contributed by atoms with Crippen molar-refractivity contribution in [3.63, 3.8) is 0 Å². The fourth-order valence-corrected chi connectivity index (χ4v) is 5.36. The molecule has 4 rings (SSSR count). The van der Waals surface area contributed by atoms with E-state index in [1.54, 1.807) is 0 Å². The molecule has 1 aliphatic carbocycles. The number of hydrogen-bond acceptors (Lipinski definition) is 4. The van der Waals surface area contributed by atoms with E-state index >= 15 is 0 Å². The normalized spacial score (nSPS) is 18.4. The van der Waals surface area contributed by atoms with Gasteiger partial charge in [0.1, 0.15) is 0 Å². The quantitative estimate of drug-likeness (QED) is 0.625. The topological polar surface area (TPSA) is 51.0 Å². The van der Waals surface area contributed by atoms with Crippen molar-refractivity contribution in [3.05, 3.63) is 29.3 Å². The summed E-state index contributed by atoms with van der Waals surface area (Å²) in [6.45, 7) is 1.78. The number of carbonyl (C=O) groups is 1. The lowest BCUT2D eigenvalue weighted by atomic mass is 10.2. The molecular weight excluding hydrogens is 392 g/mol. The highest BCUT2D eigenvalue weighted by atomic mass is 35.5. The molecule has 7 heteroatoms. The molecule has 1 aromatic heterocycles. The van der Waals surface area contributed by atoms with Gasteiger partial charge in [0.05, 0.1) is 10.8 Å². The number of likely N-dealkylation sites (tertiary alicyclic amines) is 1. The Hall–Kier alpha value is -1.53. The molecular formula is C21H27ClN4OS. The minimum atomic E-state index is 0.215. The second kappa shape index (κ2) is 9.31. The van der Waals surface area contributed by atoms with Crippen LogP contribution in [0.25, 0.3) is 11.4 Å².